The number of carboxylic acids is 1. The normalized spacial score (nSPS) is 36.4. The third-order valence-electron chi connectivity index (χ3n) is 16.1. The van der Waals surface area contributed by atoms with Crippen molar-refractivity contribution in [2.75, 3.05) is 0 Å². The van der Waals surface area contributed by atoms with Gasteiger partial charge in [0.25, 0.3) is 0 Å². The summed E-state index contributed by atoms with van der Waals surface area (Å²) in [6, 6.07) is 3.02. The molecule has 0 amide bonds. The third-order valence-corrected chi connectivity index (χ3v) is 16.1. The largest absolute Gasteiger partial charge is 0.481 e. The standard InChI is InChI=1S/C43H59FN4O5/c1-24(2)33-28(49)21-43(36-47-46-35(48(36)10)27-13-11-25(44)23-45-27)20-19-41(8)26(34(33)43)12-14-30-40(7)17-16-31(53-32(50)22-38(3,4)37(51)52)39(5,6)29(40)15-18-42(30,41)9/h11,13,23-24,26,29-31H,12,14-22H2,1-10H3,(H,51,52)/t26-,29?,30-,31+,40+,41-,42-,43-/m1/s1. The highest BCUT2D eigenvalue weighted by molar-refractivity contribution is 6.01. The topological polar surface area (TPSA) is 124 Å². The summed E-state index contributed by atoms with van der Waals surface area (Å²) in [6.07, 6.45) is 8.91. The van der Waals surface area contributed by atoms with Gasteiger partial charge in [-0.25, -0.2) is 9.37 Å². The Morgan fingerprint density at radius 3 is 2.34 bits per heavy atom. The molecule has 4 fully saturated rings. The molecule has 5 aliphatic carbocycles. The van der Waals surface area contributed by atoms with E-state index in [1.807, 2.05) is 11.6 Å². The van der Waals surface area contributed by atoms with E-state index in [1.54, 1.807) is 19.9 Å². The molecule has 2 heterocycles. The number of carboxylic acid groups (broad SMARTS) is 1. The van der Waals surface area contributed by atoms with Gasteiger partial charge in [0.1, 0.15) is 23.4 Å². The van der Waals surface area contributed by atoms with Gasteiger partial charge in [0.05, 0.1) is 23.4 Å². The van der Waals surface area contributed by atoms with E-state index in [1.165, 1.54) is 17.8 Å². The Bertz CT molecular complexity index is 1880. The predicted octanol–water partition coefficient (Wildman–Crippen LogP) is 8.66. The lowest BCUT2D eigenvalue weighted by Crippen LogP contribution is -2.66. The maximum absolute atomic E-state index is 14.2. The van der Waals surface area contributed by atoms with E-state index in [2.05, 4.69) is 58.5 Å². The molecule has 0 aliphatic heterocycles. The molecule has 2 aromatic rings. The summed E-state index contributed by atoms with van der Waals surface area (Å²) in [7, 11) is 1.95. The number of allylic oxidation sites excluding steroid dienone is 2. The number of hydrogen-bond acceptors (Lipinski definition) is 7. The average molecular weight is 731 g/mol. The summed E-state index contributed by atoms with van der Waals surface area (Å²) in [4.78, 5) is 43.4. The van der Waals surface area contributed by atoms with Crippen molar-refractivity contribution in [1.29, 1.82) is 0 Å². The minimum absolute atomic E-state index is 0.0300. The number of halogens is 1. The first kappa shape index (κ1) is 37.9. The number of fused-ring (bicyclic) bond motifs is 7. The molecule has 9 nitrogen and oxygen atoms in total. The van der Waals surface area contributed by atoms with Crippen LogP contribution in [0.15, 0.2) is 29.5 Å². The van der Waals surface area contributed by atoms with E-state index in [0.717, 1.165) is 62.8 Å². The summed E-state index contributed by atoms with van der Waals surface area (Å²) >= 11 is 0. The summed E-state index contributed by atoms with van der Waals surface area (Å²) < 4.78 is 21.9. The maximum Gasteiger partial charge on any atom is 0.309 e. The lowest BCUT2D eigenvalue weighted by Gasteiger charge is -2.72. The molecule has 0 radical (unpaired) electrons. The molecule has 1 N–H and O–H groups in total. The second-order valence-corrected chi connectivity index (χ2v) is 19.8. The van der Waals surface area contributed by atoms with Crippen LogP contribution in [0.1, 0.15) is 132 Å². The van der Waals surface area contributed by atoms with Crippen molar-refractivity contribution in [3.8, 4) is 11.5 Å². The molecule has 2 aromatic heterocycles. The highest BCUT2D eigenvalue weighted by Crippen LogP contribution is 2.76. The summed E-state index contributed by atoms with van der Waals surface area (Å²) in [6.45, 7) is 19.6. The first-order valence-corrected chi connectivity index (χ1v) is 19.9. The Hall–Kier alpha value is -3.43. The number of rotatable bonds is 7. The smallest absolute Gasteiger partial charge is 0.309 e. The number of ketones is 1. The van der Waals surface area contributed by atoms with Gasteiger partial charge >= 0.3 is 11.9 Å². The predicted molar refractivity (Wildman–Crippen MR) is 199 cm³/mol. The van der Waals surface area contributed by atoms with Crippen LogP contribution in [0.2, 0.25) is 0 Å². The number of carbonyl (C=O) groups is 3. The summed E-state index contributed by atoms with van der Waals surface area (Å²) in [5, 5.41) is 19.0. The Labute approximate surface area is 314 Å². The number of hydrogen-bond donors (Lipinski definition) is 1. The van der Waals surface area contributed by atoms with Crippen LogP contribution in [0.5, 0.6) is 0 Å². The number of aromatic nitrogens is 4. The first-order valence-electron chi connectivity index (χ1n) is 19.9. The Morgan fingerprint density at radius 1 is 0.981 bits per heavy atom. The van der Waals surface area contributed by atoms with Gasteiger partial charge in [-0.2, -0.15) is 0 Å². The van der Waals surface area contributed by atoms with Gasteiger partial charge in [-0.3, -0.25) is 14.4 Å². The molecule has 0 spiro atoms. The van der Waals surface area contributed by atoms with Gasteiger partial charge in [0.2, 0.25) is 0 Å². The van der Waals surface area contributed by atoms with Gasteiger partial charge < -0.3 is 14.4 Å². The van der Waals surface area contributed by atoms with Gasteiger partial charge in [0, 0.05) is 18.9 Å². The highest BCUT2D eigenvalue weighted by atomic mass is 19.1. The van der Waals surface area contributed by atoms with E-state index in [0.29, 0.717) is 29.8 Å². The minimum atomic E-state index is -1.17. The van der Waals surface area contributed by atoms with E-state index in [4.69, 9.17) is 9.84 Å². The van der Waals surface area contributed by atoms with Crippen molar-refractivity contribution >= 4 is 17.7 Å². The van der Waals surface area contributed by atoms with Crippen LogP contribution in [-0.2, 0) is 31.6 Å². The second kappa shape index (κ2) is 12.3. The zero-order chi connectivity index (χ0) is 38.7. The van der Waals surface area contributed by atoms with Crippen molar-refractivity contribution in [1.82, 2.24) is 19.7 Å². The fourth-order valence-electron chi connectivity index (χ4n) is 13.2. The highest BCUT2D eigenvalue weighted by Gasteiger charge is 2.71. The molecule has 53 heavy (non-hydrogen) atoms. The average Bonchev–Trinajstić information content (AvgIpc) is 3.60. The molecular formula is C43H59FN4O5. The lowest BCUT2D eigenvalue weighted by molar-refractivity contribution is -0.232. The van der Waals surface area contributed by atoms with Gasteiger partial charge in [-0.15, -0.1) is 10.2 Å². The van der Waals surface area contributed by atoms with Crippen LogP contribution >= 0.6 is 0 Å². The zero-order valence-corrected chi connectivity index (χ0v) is 33.4. The second-order valence-electron chi connectivity index (χ2n) is 19.8. The SMILES string of the molecule is CC(C)C1=C2[C@H]3CC[C@@H]4[C@@]5(C)CC[C@H](OC(=O)CC(C)(C)C(=O)O)C(C)(C)C5CC[C@@]4(C)[C@]3(C)CC[C@@]2(c2nnc(-c3ccc(F)cn3)n2C)CC1=O. The Morgan fingerprint density at radius 2 is 1.70 bits per heavy atom. The van der Waals surface area contributed by atoms with Crippen molar-refractivity contribution in [2.45, 2.75) is 138 Å². The molecule has 4 saturated carbocycles. The third kappa shape index (κ3) is 5.33. The fraction of sp³-hybridized carbons (Fsp3) is 0.721. The minimum Gasteiger partial charge on any atom is -0.481 e. The van der Waals surface area contributed by atoms with Gasteiger partial charge in [-0.1, -0.05) is 48.5 Å². The van der Waals surface area contributed by atoms with Crippen LogP contribution in [0.3, 0.4) is 0 Å². The lowest BCUT2D eigenvalue weighted by atomic mass is 9.33. The van der Waals surface area contributed by atoms with Crippen molar-refractivity contribution in [2.24, 2.45) is 57.8 Å². The fourth-order valence-corrected chi connectivity index (χ4v) is 13.2. The number of carbonyl (C=O) groups excluding carboxylic acids is 2. The maximum atomic E-state index is 14.2. The van der Waals surface area contributed by atoms with Gasteiger partial charge in [0.15, 0.2) is 11.6 Å². The van der Waals surface area contributed by atoms with Crippen LogP contribution in [0, 0.1) is 56.6 Å². The molecule has 0 aromatic carbocycles. The summed E-state index contributed by atoms with van der Waals surface area (Å²) in [5.74, 6) is 0.922. The van der Waals surface area contributed by atoms with Crippen LogP contribution in [0.4, 0.5) is 4.39 Å². The zero-order valence-electron chi connectivity index (χ0n) is 33.4. The summed E-state index contributed by atoms with van der Waals surface area (Å²) in [5.41, 5.74) is 0.906. The molecule has 10 heteroatoms. The van der Waals surface area contributed by atoms with Crippen molar-refractivity contribution < 1.29 is 28.6 Å². The number of nitrogens with zero attached hydrogens (tertiary/aromatic N) is 4. The number of esters is 1. The van der Waals surface area contributed by atoms with E-state index < -0.39 is 28.6 Å². The first-order chi connectivity index (χ1) is 24.6. The number of Topliss-reactive ketones (excluding diaryl/α,β-unsaturated/α-hetero) is 1. The van der Waals surface area contributed by atoms with E-state index in [9.17, 15) is 23.9 Å². The van der Waals surface area contributed by atoms with Crippen molar-refractivity contribution in [3.05, 3.63) is 41.1 Å². The Balaban J connectivity index is 1.22. The number of ether oxygens (including phenoxy) is 1. The molecule has 8 atom stereocenters. The number of pyridine rings is 1. The molecular weight excluding hydrogens is 671 g/mol. The monoisotopic (exact) mass is 730 g/mol. The molecule has 0 saturated heterocycles. The Kier molecular flexibility index (Phi) is 8.78. The molecule has 0 bridgehead atoms. The molecule has 7 rings (SSSR count). The van der Waals surface area contributed by atoms with Crippen LogP contribution < -0.4 is 0 Å². The van der Waals surface area contributed by atoms with Crippen molar-refractivity contribution in [3.63, 3.8) is 0 Å². The van der Waals surface area contributed by atoms with E-state index in [-0.39, 0.29) is 51.8 Å². The van der Waals surface area contributed by atoms with Gasteiger partial charge in [-0.05, 0) is 128 Å². The van der Waals surface area contributed by atoms with Crippen LogP contribution in [0.25, 0.3) is 11.5 Å². The van der Waals surface area contributed by atoms with Crippen LogP contribution in [-0.4, -0.2) is 48.7 Å². The van der Waals surface area contributed by atoms with E-state index >= 15 is 0 Å². The molecule has 1 unspecified atom stereocenters. The molecule has 288 valence electrons. The molecule has 5 aliphatic rings. The number of aliphatic carboxylic acids is 1. The quantitative estimate of drug-likeness (QED) is 0.281.